The standard InChI is InChI=1S/C9H13/c1-5-6-9(4)7-8(2)3/h6-7H,2H2,1,3-4H3/b6-5?,9-7+. The summed E-state index contributed by atoms with van der Waals surface area (Å²) >= 11 is 0. The van der Waals surface area contributed by atoms with Gasteiger partial charge in [-0.3, -0.25) is 0 Å². The number of rotatable bonds is 2. The first kappa shape index (κ1) is 8.22. The second-order valence-electron chi connectivity index (χ2n) is 2.17. The highest BCUT2D eigenvalue weighted by Gasteiger charge is 1.78. The zero-order chi connectivity index (χ0) is 7.28. The molecule has 0 amide bonds. The molecule has 0 N–H and O–H groups in total. The van der Waals surface area contributed by atoms with Crippen LogP contribution in [-0.4, -0.2) is 0 Å². The third-order valence-corrected chi connectivity index (χ3v) is 0.846. The van der Waals surface area contributed by atoms with Gasteiger partial charge in [-0.1, -0.05) is 29.9 Å². The maximum absolute atomic E-state index is 3.75. The molecule has 0 rings (SSSR count). The van der Waals surface area contributed by atoms with Gasteiger partial charge in [-0.05, 0) is 26.8 Å². The van der Waals surface area contributed by atoms with E-state index in [-0.39, 0.29) is 0 Å². The SMILES string of the molecule is C=C(C)/C=C(C)/C=[C]\C. The summed E-state index contributed by atoms with van der Waals surface area (Å²) in [6.45, 7) is 9.65. The van der Waals surface area contributed by atoms with Crippen LogP contribution in [-0.2, 0) is 0 Å². The zero-order valence-corrected chi connectivity index (χ0v) is 6.36. The van der Waals surface area contributed by atoms with Crippen LogP contribution >= 0.6 is 0 Å². The van der Waals surface area contributed by atoms with Crippen LogP contribution in [0.25, 0.3) is 0 Å². The van der Waals surface area contributed by atoms with Crippen molar-refractivity contribution >= 4 is 0 Å². The van der Waals surface area contributed by atoms with Gasteiger partial charge in [0.15, 0.2) is 0 Å². The molecule has 0 heteroatoms. The molecule has 0 saturated carbocycles. The summed E-state index contributed by atoms with van der Waals surface area (Å²) in [6.07, 6.45) is 6.90. The third-order valence-electron chi connectivity index (χ3n) is 0.846. The predicted molar refractivity (Wildman–Crippen MR) is 42.1 cm³/mol. The van der Waals surface area contributed by atoms with Crippen LogP contribution in [0.4, 0.5) is 0 Å². The largest absolute Gasteiger partial charge is 0.0961 e. The minimum absolute atomic E-state index is 1.08. The van der Waals surface area contributed by atoms with E-state index in [1.807, 2.05) is 32.9 Å². The van der Waals surface area contributed by atoms with Crippen molar-refractivity contribution in [3.8, 4) is 0 Å². The van der Waals surface area contributed by atoms with E-state index in [4.69, 9.17) is 0 Å². The summed E-state index contributed by atoms with van der Waals surface area (Å²) in [6, 6.07) is 0. The molecule has 0 aromatic carbocycles. The van der Waals surface area contributed by atoms with Gasteiger partial charge in [0.1, 0.15) is 0 Å². The fourth-order valence-electron chi connectivity index (χ4n) is 0.658. The van der Waals surface area contributed by atoms with Gasteiger partial charge in [0.2, 0.25) is 0 Å². The first-order chi connectivity index (χ1) is 4.16. The third kappa shape index (κ3) is 5.09. The first-order valence-electron chi connectivity index (χ1n) is 3.01. The van der Waals surface area contributed by atoms with Crippen LogP contribution in [0.3, 0.4) is 0 Å². The van der Waals surface area contributed by atoms with Crippen LogP contribution in [0.2, 0.25) is 0 Å². The number of hydrogen-bond acceptors (Lipinski definition) is 0. The van der Waals surface area contributed by atoms with Gasteiger partial charge in [-0.25, -0.2) is 0 Å². The molecule has 0 aliphatic rings. The average molecular weight is 121 g/mol. The Morgan fingerprint density at radius 3 is 2.33 bits per heavy atom. The molecule has 0 aliphatic carbocycles. The van der Waals surface area contributed by atoms with E-state index in [2.05, 4.69) is 12.7 Å². The molecular formula is C9H13. The fourth-order valence-corrected chi connectivity index (χ4v) is 0.658. The fraction of sp³-hybridized carbons (Fsp3) is 0.333. The number of allylic oxidation sites excluding steroid dienone is 5. The van der Waals surface area contributed by atoms with Crippen molar-refractivity contribution in [2.24, 2.45) is 0 Å². The van der Waals surface area contributed by atoms with Gasteiger partial charge in [0.25, 0.3) is 0 Å². The lowest BCUT2D eigenvalue weighted by molar-refractivity contribution is 1.43. The maximum atomic E-state index is 3.75. The van der Waals surface area contributed by atoms with Crippen molar-refractivity contribution in [1.29, 1.82) is 0 Å². The topological polar surface area (TPSA) is 0 Å². The molecule has 0 fully saturated rings. The van der Waals surface area contributed by atoms with Crippen molar-refractivity contribution in [3.05, 3.63) is 36.0 Å². The molecule has 9 heavy (non-hydrogen) atoms. The molecule has 0 spiro atoms. The van der Waals surface area contributed by atoms with Crippen molar-refractivity contribution < 1.29 is 0 Å². The van der Waals surface area contributed by atoms with Crippen molar-refractivity contribution in [2.75, 3.05) is 0 Å². The lowest BCUT2D eigenvalue weighted by atomic mass is 10.2. The van der Waals surface area contributed by atoms with Crippen LogP contribution in [0.5, 0.6) is 0 Å². The van der Waals surface area contributed by atoms with Gasteiger partial charge >= 0.3 is 0 Å². The van der Waals surface area contributed by atoms with Gasteiger partial charge in [0, 0.05) is 0 Å². The first-order valence-corrected chi connectivity index (χ1v) is 3.01. The van der Waals surface area contributed by atoms with Crippen LogP contribution in [0.1, 0.15) is 20.8 Å². The van der Waals surface area contributed by atoms with Crippen LogP contribution < -0.4 is 0 Å². The summed E-state index contributed by atoms with van der Waals surface area (Å²) in [5.74, 6) is 0. The van der Waals surface area contributed by atoms with Crippen molar-refractivity contribution in [3.63, 3.8) is 0 Å². The van der Waals surface area contributed by atoms with E-state index in [0.29, 0.717) is 0 Å². The average Bonchev–Trinajstić information content (AvgIpc) is 1.63. The van der Waals surface area contributed by atoms with E-state index in [1.54, 1.807) is 0 Å². The Bertz CT molecular complexity index is 147. The Morgan fingerprint density at radius 2 is 2.00 bits per heavy atom. The summed E-state index contributed by atoms with van der Waals surface area (Å²) in [5.41, 5.74) is 2.28. The Hall–Kier alpha value is -0.780. The molecule has 0 heterocycles. The highest BCUT2D eigenvalue weighted by Crippen LogP contribution is 1.99. The summed E-state index contributed by atoms with van der Waals surface area (Å²) in [4.78, 5) is 0. The molecule has 0 nitrogen and oxygen atoms in total. The number of hydrogen-bond donors (Lipinski definition) is 0. The Balaban J connectivity index is 4.00. The smallest absolute Gasteiger partial charge is 0.0395 e. The van der Waals surface area contributed by atoms with E-state index in [0.717, 1.165) is 5.57 Å². The van der Waals surface area contributed by atoms with Crippen LogP contribution in [0.15, 0.2) is 29.9 Å². The summed E-state index contributed by atoms with van der Waals surface area (Å²) < 4.78 is 0. The van der Waals surface area contributed by atoms with Crippen molar-refractivity contribution in [2.45, 2.75) is 20.8 Å². The monoisotopic (exact) mass is 121 g/mol. The molecular weight excluding hydrogens is 108 g/mol. The zero-order valence-electron chi connectivity index (χ0n) is 6.36. The highest BCUT2D eigenvalue weighted by molar-refractivity contribution is 5.24. The molecule has 0 saturated heterocycles. The molecule has 49 valence electrons. The summed E-state index contributed by atoms with van der Waals surface area (Å²) in [5, 5.41) is 0. The Kier molecular flexibility index (Phi) is 3.78. The van der Waals surface area contributed by atoms with Gasteiger partial charge in [0.05, 0.1) is 0 Å². The highest BCUT2D eigenvalue weighted by atomic mass is 13.8. The Morgan fingerprint density at radius 1 is 1.44 bits per heavy atom. The molecule has 0 aliphatic heterocycles. The van der Waals surface area contributed by atoms with Gasteiger partial charge < -0.3 is 0 Å². The van der Waals surface area contributed by atoms with Crippen LogP contribution in [0, 0.1) is 6.08 Å². The maximum Gasteiger partial charge on any atom is -0.0395 e. The van der Waals surface area contributed by atoms with E-state index < -0.39 is 0 Å². The van der Waals surface area contributed by atoms with Gasteiger partial charge in [-0.2, -0.15) is 0 Å². The molecule has 1 radical (unpaired) electrons. The predicted octanol–water partition coefficient (Wildman–Crippen LogP) is 2.89. The van der Waals surface area contributed by atoms with Gasteiger partial charge in [-0.15, -0.1) is 0 Å². The molecule has 0 aromatic heterocycles. The molecule has 0 bridgehead atoms. The van der Waals surface area contributed by atoms with E-state index >= 15 is 0 Å². The minimum atomic E-state index is 1.08. The normalized spacial score (nSPS) is 12.6. The minimum Gasteiger partial charge on any atom is -0.0961 e. The van der Waals surface area contributed by atoms with Crippen molar-refractivity contribution in [1.82, 2.24) is 0 Å². The second-order valence-corrected chi connectivity index (χ2v) is 2.17. The molecule has 0 atom stereocenters. The Labute approximate surface area is 57.6 Å². The lowest BCUT2D eigenvalue weighted by Crippen LogP contribution is -1.68. The molecule has 0 aromatic rings. The summed E-state index contributed by atoms with van der Waals surface area (Å²) in [7, 11) is 0. The lowest BCUT2D eigenvalue weighted by Gasteiger charge is -1.88. The quantitative estimate of drug-likeness (QED) is 0.493. The van der Waals surface area contributed by atoms with E-state index in [9.17, 15) is 0 Å². The molecule has 0 unspecified atom stereocenters. The van der Waals surface area contributed by atoms with E-state index in [1.165, 1.54) is 5.57 Å². The second kappa shape index (κ2) is 4.13.